The van der Waals surface area contributed by atoms with Crippen molar-refractivity contribution in [2.45, 2.75) is 6.43 Å². The molecule has 0 radical (unpaired) electrons. The summed E-state index contributed by atoms with van der Waals surface area (Å²) >= 11 is 0. The maximum absolute atomic E-state index is 13.2. The van der Waals surface area contributed by atoms with Gasteiger partial charge in [0.15, 0.2) is 11.6 Å². The van der Waals surface area contributed by atoms with Gasteiger partial charge in [-0.3, -0.25) is 4.98 Å². The highest BCUT2D eigenvalue weighted by molar-refractivity contribution is 5.89. The Bertz CT molecular complexity index is 946. The number of rotatable bonds is 4. The predicted octanol–water partition coefficient (Wildman–Crippen LogP) is 2.69. The van der Waals surface area contributed by atoms with Crippen molar-refractivity contribution in [3.05, 3.63) is 42.5 Å². The topological polar surface area (TPSA) is 67.3 Å². The van der Waals surface area contributed by atoms with Crippen molar-refractivity contribution in [2.75, 3.05) is 43.1 Å². The van der Waals surface area contributed by atoms with Crippen LogP contribution < -0.4 is 14.5 Å². The van der Waals surface area contributed by atoms with Crippen LogP contribution in [0.2, 0.25) is 0 Å². The molecule has 0 unspecified atom stereocenters. The van der Waals surface area contributed by atoms with Crippen molar-refractivity contribution >= 4 is 22.5 Å². The van der Waals surface area contributed by atoms with Gasteiger partial charge in [-0.15, -0.1) is 0 Å². The minimum Gasteiger partial charge on any atom is -0.480 e. The lowest BCUT2D eigenvalue weighted by Gasteiger charge is -2.36. The van der Waals surface area contributed by atoms with Gasteiger partial charge in [0.25, 0.3) is 6.43 Å². The zero-order chi connectivity index (χ0) is 18.8. The lowest BCUT2D eigenvalue weighted by atomic mass is 10.2. The van der Waals surface area contributed by atoms with Gasteiger partial charge < -0.3 is 14.5 Å². The molecule has 9 heteroatoms. The fourth-order valence-corrected chi connectivity index (χ4v) is 3.15. The molecular formula is C18H18F2N6O. The van der Waals surface area contributed by atoms with Crippen molar-refractivity contribution < 1.29 is 13.5 Å². The van der Waals surface area contributed by atoms with Gasteiger partial charge in [-0.25, -0.2) is 18.7 Å². The highest BCUT2D eigenvalue weighted by atomic mass is 19.3. The molecule has 0 bridgehead atoms. The molecule has 0 saturated carbocycles. The van der Waals surface area contributed by atoms with Crippen LogP contribution in [0.15, 0.2) is 36.7 Å². The van der Waals surface area contributed by atoms with E-state index in [0.717, 1.165) is 11.2 Å². The summed E-state index contributed by atoms with van der Waals surface area (Å²) in [6, 6.07) is 7.24. The Labute approximate surface area is 154 Å². The number of fused-ring (bicyclic) bond motifs is 1. The number of piperazine rings is 1. The minimum absolute atomic E-state index is 0.440. The number of anilines is 2. The van der Waals surface area contributed by atoms with Gasteiger partial charge >= 0.3 is 0 Å². The monoisotopic (exact) mass is 372 g/mol. The molecule has 1 fully saturated rings. The summed E-state index contributed by atoms with van der Waals surface area (Å²) in [5.41, 5.74) is 0.527. The van der Waals surface area contributed by atoms with Gasteiger partial charge in [0.2, 0.25) is 5.88 Å². The predicted molar refractivity (Wildman–Crippen MR) is 97.5 cm³/mol. The average molecular weight is 372 g/mol. The second-order valence-corrected chi connectivity index (χ2v) is 6.12. The fourth-order valence-electron chi connectivity index (χ4n) is 3.15. The van der Waals surface area contributed by atoms with Gasteiger partial charge in [-0.05, 0) is 12.1 Å². The zero-order valence-corrected chi connectivity index (χ0v) is 14.7. The molecule has 1 aromatic carbocycles. The average Bonchev–Trinajstić information content (AvgIpc) is 2.73. The van der Waals surface area contributed by atoms with E-state index in [2.05, 4.69) is 24.8 Å². The SMILES string of the molecule is COc1cncc(N2CCN(c3nc(C(F)F)nc4ccccc34)CC2)n1. The number of alkyl halides is 2. The first-order chi connectivity index (χ1) is 13.2. The molecule has 1 saturated heterocycles. The van der Waals surface area contributed by atoms with Crippen LogP contribution in [0.3, 0.4) is 0 Å². The molecular weight excluding hydrogens is 354 g/mol. The number of para-hydroxylation sites is 1. The third-order valence-electron chi connectivity index (χ3n) is 4.51. The Morgan fingerprint density at radius 2 is 1.70 bits per heavy atom. The maximum atomic E-state index is 13.2. The smallest absolute Gasteiger partial charge is 0.297 e. The van der Waals surface area contributed by atoms with Crippen LogP contribution in [-0.2, 0) is 0 Å². The molecule has 0 spiro atoms. The number of aromatic nitrogens is 4. The summed E-state index contributed by atoms with van der Waals surface area (Å²) in [5, 5.41) is 0.775. The van der Waals surface area contributed by atoms with E-state index in [-0.39, 0.29) is 0 Å². The molecule has 1 aliphatic rings. The number of hydrogen-bond acceptors (Lipinski definition) is 7. The molecule has 3 heterocycles. The van der Waals surface area contributed by atoms with Crippen molar-refractivity contribution in [2.24, 2.45) is 0 Å². The Balaban J connectivity index is 1.59. The summed E-state index contributed by atoms with van der Waals surface area (Å²) in [5.74, 6) is 1.30. The zero-order valence-electron chi connectivity index (χ0n) is 14.7. The summed E-state index contributed by atoms with van der Waals surface area (Å²) in [4.78, 5) is 20.8. The molecule has 7 nitrogen and oxygen atoms in total. The van der Waals surface area contributed by atoms with Gasteiger partial charge in [-0.2, -0.15) is 4.98 Å². The van der Waals surface area contributed by atoms with Crippen molar-refractivity contribution in [3.8, 4) is 5.88 Å². The molecule has 0 aliphatic carbocycles. The van der Waals surface area contributed by atoms with Gasteiger partial charge in [0.05, 0.1) is 25.0 Å². The minimum atomic E-state index is -2.71. The Kier molecular flexibility index (Phi) is 4.66. The Hall–Kier alpha value is -3.10. The van der Waals surface area contributed by atoms with Crippen molar-refractivity contribution in [1.29, 1.82) is 0 Å². The van der Waals surface area contributed by atoms with E-state index in [1.165, 1.54) is 0 Å². The first kappa shape index (κ1) is 17.3. The highest BCUT2D eigenvalue weighted by Gasteiger charge is 2.23. The van der Waals surface area contributed by atoms with Crippen LogP contribution >= 0.6 is 0 Å². The molecule has 0 amide bonds. The van der Waals surface area contributed by atoms with Crippen molar-refractivity contribution in [1.82, 2.24) is 19.9 Å². The molecule has 0 N–H and O–H groups in total. The van der Waals surface area contributed by atoms with Crippen LogP contribution in [0.5, 0.6) is 5.88 Å². The Morgan fingerprint density at radius 3 is 2.44 bits per heavy atom. The highest BCUT2D eigenvalue weighted by Crippen LogP contribution is 2.28. The summed E-state index contributed by atoms with van der Waals surface area (Å²) in [7, 11) is 1.55. The number of ether oxygens (including phenoxy) is 1. The first-order valence-electron chi connectivity index (χ1n) is 8.56. The normalized spacial score (nSPS) is 14.8. The summed E-state index contributed by atoms with van der Waals surface area (Å²) < 4.78 is 31.6. The molecule has 1 aliphatic heterocycles. The quantitative estimate of drug-likeness (QED) is 0.697. The summed E-state index contributed by atoms with van der Waals surface area (Å²) in [6.45, 7) is 2.60. The number of benzene rings is 1. The molecule has 3 aromatic rings. The molecule has 2 aromatic heterocycles. The van der Waals surface area contributed by atoms with Crippen LogP contribution in [0, 0.1) is 0 Å². The fraction of sp³-hybridized carbons (Fsp3) is 0.333. The van der Waals surface area contributed by atoms with Crippen LogP contribution in [-0.4, -0.2) is 53.2 Å². The van der Waals surface area contributed by atoms with Crippen LogP contribution in [0.4, 0.5) is 20.4 Å². The lowest BCUT2D eigenvalue weighted by Crippen LogP contribution is -2.47. The molecule has 4 rings (SSSR count). The van der Waals surface area contributed by atoms with E-state index in [4.69, 9.17) is 4.74 Å². The van der Waals surface area contributed by atoms with Gasteiger partial charge in [0.1, 0.15) is 5.82 Å². The van der Waals surface area contributed by atoms with Crippen LogP contribution in [0.1, 0.15) is 12.2 Å². The van der Waals surface area contributed by atoms with E-state index in [0.29, 0.717) is 43.4 Å². The second kappa shape index (κ2) is 7.26. The summed E-state index contributed by atoms with van der Waals surface area (Å²) in [6.07, 6.45) is 0.535. The standard InChI is InChI=1S/C18H18F2N6O/c1-27-15-11-21-10-14(23-15)25-6-8-26(9-7-25)18-12-4-2-3-5-13(12)22-17(24-18)16(19)20/h2-5,10-11,16H,6-9H2,1H3. The van der Waals surface area contributed by atoms with Gasteiger partial charge in [0, 0.05) is 31.6 Å². The number of nitrogens with zero attached hydrogens (tertiary/aromatic N) is 6. The van der Waals surface area contributed by atoms with E-state index >= 15 is 0 Å². The lowest BCUT2D eigenvalue weighted by molar-refractivity contribution is 0.141. The first-order valence-corrected chi connectivity index (χ1v) is 8.56. The Morgan fingerprint density at radius 1 is 0.963 bits per heavy atom. The van der Waals surface area contributed by atoms with E-state index in [1.54, 1.807) is 31.6 Å². The van der Waals surface area contributed by atoms with Gasteiger partial charge in [-0.1, -0.05) is 12.1 Å². The molecule has 0 atom stereocenters. The third kappa shape index (κ3) is 3.44. The number of hydrogen-bond donors (Lipinski definition) is 0. The maximum Gasteiger partial charge on any atom is 0.297 e. The van der Waals surface area contributed by atoms with E-state index < -0.39 is 12.2 Å². The van der Waals surface area contributed by atoms with E-state index in [9.17, 15) is 8.78 Å². The van der Waals surface area contributed by atoms with E-state index in [1.807, 2.05) is 17.0 Å². The van der Waals surface area contributed by atoms with Crippen LogP contribution in [0.25, 0.3) is 10.9 Å². The third-order valence-corrected chi connectivity index (χ3v) is 4.51. The number of methoxy groups -OCH3 is 1. The number of halogens is 2. The molecule has 27 heavy (non-hydrogen) atoms. The molecule has 140 valence electrons. The second-order valence-electron chi connectivity index (χ2n) is 6.12. The largest absolute Gasteiger partial charge is 0.480 e. The van der Waals surface area contributed by atoms with Crippen molar-refractivity contribution in [3.63, 3.8) is 0 Å².